The summed E-state index contributed by atoms with van der Waals surface area (Å²) in [6, 6.07) is 22.0. The van der Waals surface area contributed by atoms with Crippen LogP contribution in [0.25, 0.3) is 22.3 Å². The highest BCUT2D eigenvalue weighted by molar-refractivity contribution is 6.04. The number of hydrogen-bond donors (Lipinski definition) is 2. The summed E-state index contributed by atoms with van der Waals surface area (Å²) in [7, 11) is 0. The van der Waals surface area contributed by atoms with Gasteiger partial charge in [0.05, 0.1) is 0 Å². The van der Waals surface area contributed by atoms with Crippen molar-refractivity contribution in [2.24, 2.45) is 11.5 Å². The van der Waals surface area contributed by atoms with Gasteiger partial charge in [-0.1, -0.05) is 54.6 Å². The normalized spacial score (nSPS) is 10.3. The molecule has 0 saturated carbocycles. The minimum absolute atomic E-state index is 0.436. The molecule has 0 aromatic heterocycles. The minimum Gasteiger partial charge on any atom is -0.366 e. The second kappa shape index (κ2) is 6.38. The smallest absolute Gasteiger partial charge is 0.249 e. The zero-order chi connectivity index (χ0) is 17.1. The predicted molar refractivity (Wildman–Crippen MR) is 94.3 cm³/mol. The Morgan fingerprint density at radius 3 is 1.88 bits per heavy atom. The number of rotatable bonds is 4. The van der Waals surface area contributed by atoms with Crippen molar-refractivity contribution in [1.29, 1.82) is 0 Å². The number of amides is 2. The summed E-state index contributed by atoms with van der Waals surface area (Å²) in [5.41, 5.74) is 15.2. The van der Waals surface area contributed by atoms with E-state index in [4.69, 9.17) is 11.5 Å². The summed E-state index contributed by atoms with van der Waals surface area (Å²) in [4.78, 5) is 23.1. The molecule has 0 bridgehead atoms. The zero-order valence-electron chi connectivity index (χ0n) is 12.9. The Morgan fingerprint density at radius 2 is 1.29 bits per heavy atom. The van der Waals surface area contributed by atoms with E-state index < -0.39 is 11.8 Å². The molecule has 4 nitrogen and oxygen atoms in total. The highest BCUT2D eigenvalue weighted by atomic mass is 16.1. The van der Waals surface area contributed by atoms with E-state index in [1.165, 1.54) is 0 Å². The van der Waals surface area contributed by atoms with Crippen LogP contribution >= 0.6 is 0 Å². The molecule has 24 heavy (non-hydrogen) atoms. The Morgan fingerprint density at radius 1 is 0.625 bits per heavy atom. The molecule has 118 valence electrons. The first-order valence-corrected chi connectivity index (χ1v) is 7.46. The van der Waals surface area contributed by atoms with Gasteiger partial charge in [-0.3, -0.25) is 9.59 Å². The molecule has 3 aromatic carbocycles. The number of carbonyl (C=O) groups is 2. The fourth-order valence-corrected chi connectivity index (χ4v) is 2.73. The maximum Gasteiger partial charge on any atom is 0.249 e. The predicted octanol–water partition coefficient (Wildman–Crippen LogP) is 3.22. The molecule has 4 N–H and O–H groups in total. The lowest BCUT2D eigenvalue weighted by atomic mass is 9.90. The van der Waals surface area contributed by atoms with E-state index in [0.29, 0.717) is 11.1 Å². The van der Waals surface area contributed by atoms with E-state index in [-0.39, 0.29) is 0 Å². The van der Waals surface area contributed by atoms with Crippen LogP contribution in [0, 0.1) is 0 Å². The molecule has 0 radical (unpaired) electrons. The number of primary amides is 2. The first-order valence-electron chi connectivity index (χ1n) is 7.46. The lowest BCUT2D eigenvalue weighted by Gasteiger charge is -2.14. The van der Waals surface area contributed by atoms with Crippen molar-refractivity contribution in [3.63, 3.8) is 0 Å². The Labute approximate surface area is 139 Å². The molecule has 0 aliphatic heterocycles. The van der Waals surface area contributed by atoms with Gasteiger partial charge >= 0.3 is 0 Å². The number of carbonyl (C=O) groups excluding carboxylic acids is 2. The second-order valence-electron chi connectivity index (χ2n) is 5.40. The van der Waals surface area contributed by atoms with Gasteiger partial charge < -0.3 is 11.5 Å². The van der Waals surface area contributed by atoms with E-state index in [2.05, 4.69) is 0 Å². The average Bonchev–Trinajstić information content (AvgIpc) is 2.62. The number of benzene rings is 3. The Hall–Kier alpha value is -3.40. The van der Waals surface area contributed by atoms with Crippen LogP contribution in [0.5, 0.6) is 0 Å². The Kier molecular flexibility index (Phi) is 4.12. The molecule has 0 aliphatic rings. The Balaban J connectivity index is 2.23. The summed E-state index contributed by atoms with van der Waals surface area (Å²) in [6.45, 7) is 0. The van der Waals surface area contributed by atoms with Gasteiger partial charge in [-0.05, 0) is 34.9 Å². The molecule has 3 rings (SSSR count). The van der Waals surface area contributed by atoms with Crippen LogP contribution in [0.2, 0.25) is 0 Å². The summed E-state index contributed by atoms with van der Waals surface area (Å²) >= 11 is 0. The molecular weight excluding hydrogens is 300 g/mol. The van der Waals surface area contributed by atoms with E-state index in [0.717, 1.165) is 22.3 Å². The van der Waals surface area contributed by atoms with Crippen molar-refractivity contribution >= 4 is 11.8 Å². The standard InChI is InChI=1S/C20H16N2O2/c21-19(23)15-11-9-13(10-12-15)16-7-4-8-17(20(22)24)18(16)14-5-2-1-3-6-14/h1-12H,(H2,21,23)(H2,22,24). The van der Waals surface area contributed by atoms with Crippen molar-refractivity contribution < 1.29 is 9.59 Å². The number of nitrogens with two attached hydrogens (primary N) is 2. The van der Waals surface area contributed by atoms with Gasteiger partial charge in [-0.2, -0.15) is 0 Å². The van der Waals surface area contributed by atoms with Crippen LogP contribution in [-0.4, -0.2) is 11.8 Å². The highest BCUT2D eigenvalue weighted by Crippen LogP contribution is 2.35. The molecule has 2 amide bonds. The monoisotopic (exact) mass is 316 g/mol. The van der Waals surface area contributed by atoms with Gasteiger partial charge in [0.15, 0.2) is 0 Å². The van der Waals surface area contributed by atoms with Gasteiger partial charge in [-0.15, -0.1) is 0 Å². The SMILES string of the molecule is NC(=O)c1ccc(-c2cccc(C(N)=O)c2-c2ccccc2)cc1. The van der Waals surface area contributed by atoms with Gasteiger partial charge in [0, 0.05) is 16.7 Å². The lowest BCUT2D eigenvalue weighted by molar-refractivity contribution is 0.0992. The summed E-state index contributed by atoms with van der Waals surface area (Å²) in [5.74, 6) is -0.958. The van der Waals surface area contributed by atoms with Crippen LogP contribution in [0.1, 0.15) is 20.7 Å². The summed E-state index contributed by atoms with van der Waals surface area (Å²) in [6.07, 6.45) is 0. The third kappa shape index (κ3) is 2.90. The van der Waals surface area contributed by atoms with Crippen LogP contribution in [0.4, 0.5) is 0 Å². The van der Waals surface area contributed by atoms with E-state index >= 15 is 0 Å². The van der Waals surface area contributed by atoms with Crippen molar-refractivity contribution in [2.75, 3.05) is 0 Å². The van der Waals surface area contributed by atoms with Crippen molar-refractivity contribution in [1.82, 2.24) is 0 Å². The van der Waals surface area contributed by atoms with Crippen molar-refractivity contribution in [3.05, 3.63) is 83.9 Å². The van der Waals surface area contributed by atoms with E-state index in [1.54, 1.807) is 24.3 Å². The fourth-order valence-electron chi connectivity index (χ4n) is 2.73. The van der Waals surface area contributed by atoms with Crippen LogP contribution in [0.3, 0.4) is 0 Å². The first-order chi connectivity index (χ1) is 11.6. The molecule has 0 fully saturated rings. The van der Waals surface area contributed by atoms with E-state index in [9.17, 15) is 9.59 Å². The third-order valence-electron chi connectivity index (χ3n) is 3.87. The van der Waals surface area contributed by atoms with Gasteiger partial charge in [0.2, 0.25) is 11.8 Å². The van der Waals surface area contributed by atoms with Gasteiger partial charge in [-0.25, -0.2) is 0 Å². The third-order valence-corrected chi connectivity index (χ3v) is 3.87. The Bertz CT molecular complexity index is 901. The molecule has 3 aromatic rings. The topological polar surface area (TPSA) is 86.2 Å². The lowest BCUT2D eigenvalue weighted by Crippen LogP contribution is -2.13. The fraction of sp³-hybridized carbons (Fsp3) is 0. The minimum atomic E-state index is -0.482. The quantitative estimate of drug-likeness (QED) is 0.774. The summed E-state index contributed by atoms with van der Waals surface area (Å²) in [5, 5.41) is 0. The number of hydrogen-bond acceptors (Lipinski definition) is 2. The molecule has 0 saturated heterocycles. The van der Waals surface area contributed by atoms with Crippen LogP contribution < -0.4 is 11.5 Å². The van der Waals surface area contributed by atoms with Crippen LogP contribution in [0.15, 0.2) is 72.8 Å². The first kappa shape index (κ1) is 15.5. The molecular formula is C20H16N2O2. The largest absolute Gasteiger partial charge is 0.366 e. The summed E-state index contributed by atoms with van der Waals surface area (Å²) < 4.78 is 0. The van der Waals surface area contributed by atoms with Gasteiger partial charge in [0.25, 0.3) is 0 Å². The van der Waals surface area contributed by atoms with E-state index in [1.807, 2.05) is 48.5 Å². The molecule has 0 atom stereocenters. The maximum atomic E-state index is 11.9. The molecule has 0 heterocycles. The van der Waals surface area contributed by atoms with Crippen LogP contribution in [-0.2, 0) is 0 Å². The molecule has 0 unspecified atom stereocenters. The molecule has 4 heteroatoms. The molecule has 0 spiro atoms. The highest BCUT2D eigenvalue weighted by Gasteiger charge is 2.15. The second-order valence-corrected chi connectivity index (χ2v) is 5.40. The zero-order valence-corrected chi connectivity index (χ0v) is 12.9. The van der Waals surface area contributed by atoms with Gasteiger partial charge in [0.1, 0.15) is 0 Å². The van der Waals surface area contributed by atoms with Crippen molar-refractivity contribution in [3.8, 4) is 22.3 Å². The maximum absolute atomic E-state index is 11.9. The van der Waals surface area contributed by atoms with Crippen molar-refractivity contribution in [2.45, 2.75) is 0 Å². The molecule has 0 aliphatic carbocycles. The average molecular weight is 316 g/mol.